The molecule has 0 atom stereocenters. The van der Waals surface area contributed by atoms with Crippen LogP contribution in [0.3, 0.4) is 0 Å². The molecule has 0 N–H and O–H groups in total. The Hall–Kier alpha value is -1.33. The van der Waals surface area contributed by atoms with Crippen LogP contribution >= 0.6 is 0 Å². The van der Waals surface area contributed by atoms with Gasteiger partial charge in [-0.1, -0.05) is 0 Å². The average Bonchev–Trinajstić information content (AvgIpc) is 2.99. The lowest BCUT2D eigenvalue weighted by atomic mass is 9.83. The second-order valence-corrected chi connectivity index (χ2v) is 5.63. The predicted molar refractivity (Wildman–Crippen MR) is 76.8 cm³/mol. The molecule has 112 valence electrons. The van der Waals surface area contributed by atoms with Crippen molar-refractivity contribution in [1.29, 1.82) is 0 Å². The van der Waals surface area contributed by atoms with Crippen LogP contribution in [0, 0.1) is 0 Å². The largest absolute Gasteiger partial charge is 0.459 e. The number of rotatable bonds is 5. The molecule has 0 saturated carbocycles. The Kier molecular flexibility index (Phi) is 4.83. The van der Waals surface area contributed by atoms with Crippen LogP contribution in [-0.2, 0) is 4.74 Å². The lowest BCUT2D eigenvalue weighted by Gasteiger charge is -2.46. The molecule has 0 bridgehead atoms. The minimum absolute atomic E-state index is 0.00547. The highest BCUT2D eigenvalue weighted by Gasteiger charge is 2.37. The molecule has 2 heterocycles. The summed E-state index contributed by atoms with van der Waals surface area (Å²) in [5, 5.41) is 0. The highest BCUT2D eigenvalue weighted by molar-refractivity contribution is 5.91. The van der Waals surface area contributed by atoms with Crippen LogP contribution in [0.15, 0.2) is 22.8 Å². The van der Waals surface area contributed by atoms with Crippen molar-refractivity contribution in [2.45, 2.75) is 24.8 Å². The molecule has 1 fully saturated rings. The summed E-state index contributed by atoms with van der Waals surface area (Å²) in [6.45, 7) is 2.28. The van der Waals surface area contributed by atoms with Crippen molar-refractivity contribution in [2.75, 3.05) is 40.9 Å². The molecule has 0 unspecified atom stereocenters. The first-order chi connectivity index (χ1) is 9.59. The van der Waals surface area contributed by atoms with Crippen LogP contribution in [0.4, 0.5) is 0 Å². The molecule has 0 aliphatic carbocycles. The second-order valence-electron chi connectivity index (χ2n) is 5.63. The predicted octanol–water partition coefficient (Wildman–Crippen LogP) is 1.85. The first-order valence-corrected chi connectivity index (χ1v) is 7.08. The molecule has 20 heavy (non-hydrogen) atoms. The summed E-state index contributed by atoms with van der Waals surface area (Å²) in [6, 6.07) is 3.47. The molecule has 1 aromatic rings. The number of piperidine rings is 1. The van der Waals surface area contributed by atoms with Gasteiger partial charge in [-0.2, -0.15) is 0 Å². The molecule has 5 heteroatoms. The van der Waals surface area contributed by atoms with E-state index in [2.05, 4.69) is 19.0 Å². The van der Waals surface area contributed by atoms with E-state index >= 15 is 0 Å². The summed E-state index contributed by atoms with van der Waals surface area (Å²) in [4.78, 5) is 16.4. The molecular weight excluding hydrogens is 256 g/mol. The smallest absolute Gasteiger partial charge is 0.289 e. The lowest BCUT2D eigenvalue weighted by Crippen LogP contribution is -2.54. The zero-order chi connectivity index (χ0) is 14.6. The van der Waals surface area contributed by atoms with Crippen molar-refractivity contribution >= 4 is 5.91 Å². The van der Waals surface area contributed by atoms with Gasteiger partial charge in [0, 0.05) is 32.3 Å². The van der Waals surface area contributed by atoms with Gasteiger partial charge in [0.25, 0.3) is 5.91 Å². The summed E-state index contributed by atoms with van der Waals surface area (Å²) in [7, 11) is 5.96. The topological polar surface area (TPSA) is 45.9 Å². The number of hydrogen-bond acceptors (Lipinski definition) is 4. The first-order valence-electron chi connectivity index (χ1n) is 7.08. The van der Waals surface area contributed by atoms with Gasteiger partial charge in [0.15, 0.2) is 5.76 Å². The van der Waals surface area contributed by atoms with Gasteiger partial charge in [-0.15, -0.1) is 0 Å². The first kappa shape index (κ1) is 15.1. The monoisotopic (exact) mass is 280 g/mol. The minimum atomic E-state index is -0.00547. The highest BCUT2D eigenvalue weighted by atomic mass is 16.5. The van der Waals surface area contributed by atoms with Crippen LogP contribution in [0.5, 0.6) is 0 Å². The maximum atomic E-state index is 12.2. The van der Waals surface area contributed by atoms with E-state index in [4.69, 9.17) is 9.15 Å². The van der Waals surface area contributed by atoms with E-state index in [1.54, 1.807) is 25.5 Å². The van der Waals surface area contributed by atoms with Crippen molar-refractivity contribution in [3.05, 3.63) is 24.2 Å². The number of furan rings is 1. The van der Waals surface area contributed by atoms with Gasteiger partial charge in [0.05, 0.1) is 6.26 Å². The molecule has 1 aliphatic heterocycles. The fourth-order valence-corrected chi connectivity index (χ4v) is 2.89. The fourth-order valence-electron chi connectivity index (χ4n) is 2.89. The Bertz CT molecular complexity index is 420. The third-order valence-corrected chi connectivity index (χ3v) is 4.43. The third kappa shape index (κ3) is 3.04. The van der Waals surface area contributed by atoms with Gasteiger partial charge in [0.2, 0.25) is 0 Å². The van der Waals surface area contributed by atoms with Crippen LogP contribution in [0.25, 0.3) is 0 Å². The van der Waals surface area contributed by atoms with Crippen LogP contribution < -0.4 is 0 Å². The van der Waals surface area contributed by atoms with Crippen molar-refractivity contribution in [3.63, 3.8) is 0 Å². The Morgan fingerprint density at radius 2 is 2.15 bits per heavy atom. The fraction of sp³-hybridized carbons (Fsp3) is 0.667. The molecule has 0 radical (unpaired) electrons. The van der Waals surface area contributed by atoms with E-state index in [0.717, 1.165) is 39.0 Å². The van der Waals surface area contributed by atoms with Crippen molar-refractivity contribution in [3.8, 4) is 0 Å². The van der Waals surface area contributed by atoms with Crippen LogP contribution in [0.2, 0.25) is 0 Å². The number of carbonyl (C=O) groups excluding carboxylic acids is 1. The minimum Gasteiger partial charge on any atom is -0.459 e. The number of methoxy groups -OCH3 is 1. The van der Waals surface area contributed by atoms with E-state index in [-0.39, 0.29) is 11.4 Å². The maximum absolute atomic E-state index is 12.2. The Labute approximate surface area is 120 Å². The Morgan fingerprint density at radius 1 is 1.45 bits per heavy atom. The molecular formula is C15H24N2O3. The molecule has 1 saturated heterocycles. The third-order valence-electron chi connectivity index (χ3n) is 4.43. The number of hydrogen-bond donors (Lipinski definition) is 0. The zero-order valence-electron chi connectivity index (χ0n) is 12.6. The SMILES string of the molecule is COCCC1(N(C)C)CCN(C(=O)c2ccco2)CC1. The van der Waals surface area contributed by atoms with E-state index in [1.165, 1.54) is 0 Å². The van der Waals surface area contributed by atoms with E-state index in [0.29, 0.717) is 5.76 Å². The molecule has 5 nitrogen and oxygen atoms in total. The van der Waals surface area contributed by atoms with Crippen molar-refractivity contribution < 1.29 is 13.9 Å². The summed E-state index contributed by atoms with van der Waals surface area (Å²) in [5.74, 6) is 0.424. The van der Waals surface area contributed by atoms with Gasteiger partial charge in [-0.05, 0) is 45.5 Å². The summed E-state index contributed by atoms with van der Waals surface area (Å²) in [6.07, 6.45) is 4.48. The van der Waals surface area contributed by atoms with Crippen LogP contribution in [0.1, 0.15) is 29.8 Å². The summed E-state index contributed by atoms with van der Waals surface area (Å²) >= 11 is 0. The number of likely N-dealkylation sites (tertiary alicyclic amines) is 1. The quantitative estimate of drug-likeness (QED) is 0.826. The van der Waals surface area contributed by atoms with Gasteiger partial charge in [-0.25, -0.2) is 0 Å². The van der Waals surface area contributed by atoms with E-state index < -0.39 is 0 Å². The van der Waals surface area contributed by atoms with Gasteiger partial charge < -0.3 is 19.0 Å². The highest BCUT2D eigenvalue weighted by Crippen LogP contribution is 2.31. The van der Waals surface area contributed by atoms with E-state index in [9.17, 15) is 4.79 Å². The average molecular weight is 280 g/mol. The standard InChI is InChI=1S/C15H24N2O3/c1-16(2)15(8-12-19-3)6-9-17(10-7-15)14(18)13-5-4-11-20-13/h4-5,11H,6-10,12H2,1-3H3. The second kappa shape index (κ2) is 6.41. The van der Waals surface area contributed by atoms with Gasteiger partial charge >= 0.3 is 0 Å². The van der Waals surface area contributed by atoms with Crippen molar-refractivity contribution in [1.82, 2.24) is 9.80 Å². The number of amides is 1. The molecule has 1 amide bonds. The van der Waals surface area contributed by atoms with Crippen LogP contribution in [-0.4, -0.2) is 62.1 Å². The molecule has 0 aromatic carbocycles. The number of nitrogens with zero attached hydrogens (tertiary/aromatic N) is 2. The molecule has 1 aliphatic rings. The lowest BCUT2D eigenvalue weighted by molar-refractivity contribution is 0.0240. The molecule has 0 spiro atoms. The molecule has 2 rings (SSSR count). The van der Waals surface area contributed by atoms with Gasteiger partial charge in [-0.3, -0.25) is 4.79 Å². The number of carbonyl (C=O) groups is 1. The zero-order valence-corrected chi connectivity index (χ0v) is 12.6. The normalized spacial score (nSPS) is 18.5. The number of ether oxygens (including phenoxy) is 1. The maximum Gasteiger partial charge on any atom is 0.289 e. The van der Waals surface area contributed by atoms with E-state index in [1.807, 2.05) is 4.90 Å². The molecule has 1 aromatic heterocycles. The Morgan fingerprint density at radius 3 is 2.65 bits per heavy atom. The summed E-state index contributed by atoms with van der Waals surface area (Å²) in [5.41, 5.74) is 0.135. The Balaban J connectivity index is 1.98. The van der Waals surface area contributed by atoms with Crippen molar-refractivity contribution in [2.24, 2.45) is 0 Å². The van der Waals surface area contributed by atoms with Gasteiger partial charge in [0.1, 0.15) is 0 Å². The summed E-state index contributed by atoms with van der Waals surface area (Å²) < 4.78 is 10.4.